The van der Waals surface area contributed by atoms with Gasteiger partial charge in [-0.05, 0) is 31.2 Å². The number of guanidine groups is 1. The molecule has 0 aliphatic heterocycles. The normalized spacial score (nSPS) is 10.7. The van der Waals surface area contributed by atoms with Gasteiger partial charge >= 0.3 is 0 Å². The zero-order valence-corrected chi connectivity index (χ0v) is 18.0. The average molecular weight is 486 g/mol. The molecule has 0 radical (unpaired) electrons. The van der Waals surface area contributed by atoms with E-state index in [9.17, 15) is 4.79 Å². The van der Waals surface area contributed by atoms with E-state index in [2.05, 4.69) is 15.6 Å². The van der Waals surface area contributed by atoms with Gasteiger partial charge in [-0.15, -0.1) is 24.0 Å². The fourth-order valence-electron chi connectivity index (χ4n) is 2.22. The van der Waals surface area contributed by atoms with Crippen molar-refractivity contribution < 1.29 is 13.9 Å². The third-order valence-corrected chi connectivity index (χ3v) is 3.54. The van der Waals surface area contributed by atoms with Crippen molar-refractivity contribution in [1.82, 2.24) is 15.5 Å². The van der Waals surface area contributed by atoms with E-state index < -0.39 is 0 Å². The molecule has 1 amide bonds. The molecule has 0 fully saturated rings. The summed E-state index contributed by atoms with van der Waals surface area (Å²) in [7, 11) is 1.96. The number of hydrogen-bond donors (Lipinski definition) is 2. The lowest BCUT2D eigenvalue weighted by molar-refractivity contribution is 0.0927. The van der Waals surface area contributed by atoms with Crippen LogP contribution in [0.3, 0.4) is 0 Å². The van der Waals surface area contributed by atoms with E-state index >= 15 is 0 Å². The minimum atomic E-state index is -0.236. The van der Waals surface area contributed by atoms with Gasteiger partial charge in [0, 0.05) is 20.1 Å². The molecule has 0 bridgehead atoms. The van der Waals surface area contributed by atoms with Crippen molar-refractivity contribution in [3.05, 3.63) is 54.5 Å². The van der Waals surface area contributed by atoms with Gasteiger partial charge in [0.1, 0.15) is 12.4 Å². The van der Waals surface area contributed by atoms with Crippen LogP contribution in [-0.2, 0) is 0 Å². The van der Waals surface area contributed by atoms with E-state index in [1.165, 1.54) is 6.26 Å². The quantitative estimate of drug-likeness (QED) is 0.247. The van der Waals surface area contributed by atoms with Crippen molar-refractivity contribution in [3.8, 4) is 5.75 Å². The highest BCUT2D eigenvalue weighted by molar-refractivity contribution is 14.0. The van der Waals surface area contributed by atoms with Crippen molar-refractivity contribution in [1.29, 1.82) is 0 Å². The smallest absolute Gasteiger partial charge is 0.287 e. The molecule has 2 N–H and O–H groups in total. The number of benzene rings is 1. The van der Waals surface area contributed by atoms with Gasteiger partial charge in [0.05, 0.1) is 19.4 Å². The molecule has 148 valence electrons. The molecule has 1 heterocycles. The van der Waals surface area contributed by atoms with E-state index in [1.807, 2.05) is 49.2 Å². The minimum Gasteiger partial charge on any atom is -0.492 e. The lowest BCUT2D eigenvalue weighted by atomic mass is 10.3. The predicted molar refractivity (Wildman–Crippen MR) is 117 cm³/mol. The Balaban J connectivity index is 0.00000364. The third-order valence-electron chi connectivity index (χ3n) is 3.54. The summed E-state index contributed by atoms with van der Waals surface area (Å²) in [5.41, 5.74) is 0. The molecule has 0 aliphatic rings. The van der Waals surface area contributed by atoms with Crippen molar-refractivity contribution >= 4 is 35.8 Å². The first-order chi connectivity index (χ1) is 12.7. The molecule has 0 atom stereocenters. The molecule has 0 aliphatic carbocycles. The van der Waals surface area contributed by atoms with E-state index in [1.54, 1.807) is 12.1 Å². The van der Waals surface area contributed by atoms with E-state index in [4.69, 9.17) is 9.15 Å². The Labute approximate surface area is 177 Å². The highest BCUT2D eigenvalue weighted by Gasteiger charge is 2.08. The van der Waals surface area contributed by atoms with Gasteiger partial charge < -0.3 is 24.7 Å². The number of nitrogens with one attached hydrogen (secondary N) is 2. The second-order valence-electron chi connectivity index (χ2n) is 5.55. The van der Waals surface area contributed by atoms with Crippen LogP contribution in [0.4, 0.5) is 0 Å². The lowest BCUT2D eigenvalue weighted by Gasteiger charge is -2.22. The molecule has 0 saturated carbocycles. The molecular formula is C19H27IN4O3. The summed E-state index contributed by atoms with van der Waals surface area (Å²) in [4.78, 5) is 18.3. The second-order valence-corrected chi connectivity index (χ2v) is 5.55. The number of carbonyl (C=O) groups is 1. The van der Waals surface area contributed by atoms with E-state index in [-0.39, 0.29) is 29.9 Å². The van der Waals surface area contributed by atoms with Crippen LogP contribution in [0.15, 0.2) is 58.1 Å². The molecule has 2 rings (SSSR count). The van der Waals surface area contributed by atoms with Crippen LogP contribution in [0.5, 0.6) is 5.75 Å². The van der Waals surface area contributed by atoms with Crippen LogP contribution in [-0.4, -0.2) is 56.6 Å². The Morgan fingerprint density at radius 2 is 1.96 bits per heavy atom. The van der Waals surface area contributed by atoms with Gasteiger partial charge in [-0.25, -0.2) is 0 Å². The first-order valence-electron chi connectivity index (χ1n) is 8.69. The minimum absolute atomic E-state index is 0. The molecule has 2 aromatic rings. The Bertz CT molecular complexity index is 678. The van der Waals surface area contributed by atoms with E-state index in [0.29, 0.717) is 32.0 Å². The van der Waals surface area contributed by atoms with Gasteiger partial charge in [0.15, 0.2) is 11.7 Å². The molecule has 1 aromatic heterocycles. The number of carbonyl (C=O) groups excluding carboxylic acids is 1. The summed E-state index contributed by atoms with van der Waals surface area (Å²) >= 11 is 0. The molecule has 27 heavy (non-hydrogen) atoms. The predicted octanol–water partition coefficient (Wildman–Crippen LogP) is 2.60. The lowest BCUT2D eigenvalue weighted by Crippen LogP contribution is -2.41. The standard InChI is InChI=1S/C19H26N4O3.HI/c1-3-20-19(22-12-11-21-18(24)17-10-7-14-26-17)23(2)13-15-25-16-8-5-4-6-9-16;/h4-10,14H,3,11-13,15H2,1-2H3,(H,20,22)(H,21,24);1H. The molecule has 7 nitrogen and oxygen atoms in total. The van der Waals surface area contributed by atoms with Crippen molar-refractivity contribution in [2.45, 2.75) is 6.92 Å². The number of halogens is 1. The number of hydrogen-bond acceptors (Lipinski definition) is 4. The number of likely N-dealkylation sites (N-methyl/N-ethyl adjacent to an activating group) is 1. The Hall–Kier alpha value is -2.23. The van der Waals surface area contributed by atoms with E-state index in [0.717, 1.165) is 18.3 Å². The van der Waals surface area contributed by atoms with Crippen molar-refractivity contribution in [2.24, 2.45) is 4.99 Å². The number of rotatable bonds is 9. The average Bonchev–Trinajstić information content (AvgIpc) is 3.19. The van der Waals surface area contributed by atoms with Crippen LogP contribution in [0.25, 0.3) is 0 Å². The zero-order valence-electron chi connectivity index (χ0n) is 15.7. The summed E-state index contributed by atoms with van der Waals surface area (Å²) in [5.74, 6) is 1.69. The van der Waals surface area contributed by atoms with Crippen molar-refractivity contribution in [2.75, 3.05) is 39.8 Å². The monoisotopic (exact) mass is 486 g/mol. The Morgan fingerprint density at radius 1 is 1.19 bits per heavy atom. The number of furan rings is 1. The van der Waals surface area contributed by atoms with Gasteiger partial charge in [-0.3, -0.25) is 9.79 Å². The summed E-state index contributed by atoms with van der Waals surface area (Å²) in [5, 5.41) is 6.01. The SMILES string of the molecule is CCNC(=NCCNC(=O)c1ccco1)N(C)CCOc1ccccc1.I. The van der Waals surface area contributed by atoms with Crippen LogP contribution in [0.1, 0.15) is 17.5 Å². The molecule has 0 saturated heterocycles. The number of para-hydroxylation sites is 1. The molecule has 8 heteroatoms. The molecule has 0 spiro atoms. The number of amides is 1. The maximum Gasteiger partial charge on any atom is 0.287 e. The molecule has 1 aromatic carbocycles. The highest BCUT2D eigenvalue weighted by atomic mass is 127. The second kappa shape index (κ2) is 13.0. The summed E-state index contributed by atoms with van der Waals surface area (Å²) in [6, 6.07) is 13.0. The molecular weight excluding hydrogens is 459 g/mol. The number of aliphatic imine (C=N–C) groups is 1. The zero-order chi connectivity index (χ0) is 18.6. The largest absolute Gasteiger partial charge is 0.492 e. The summed E-state index contributed by atoms with van der Waals surface area (Å²) in [6.07, 6.45) is 1.48. The van der Waals surface area contributed by atoms with Gasteiger partial charge in [0.2, 0.25) is 0 Å². The highest BCUT2D eigenvalue weighted by Crippen LogP contribution is 2.07. The van der Waals surface area contributed by atoms with Crippen LogP contribution in [0, 0.1) is 0 Å². The fraction of sp³-hybridized carbons (Fsp3) is 0.368. The van der Waals surface area contributed by atoms with Crippen LogP contribution >= 0.6 is 24.0 Å². The first-order valence-corrected chi connectivity index (χ1v) is 8.69. The Morgan fingerprint density at radius 3 is 2.63 bits per heavy atom. The Kier molecular flexibility index (Phi) is 11.0. The number of nitrogens with zero attached hydrogens (tertiary/aromatic N) is 2. The summed E-state index contributed by atoms with van der Waals surface area (Å²) < 4.78 is 10.8. The third kappa shape index (κ3) is 8.33. The summed E-state index contributed by atoms with van der Waals surface area (Å²) in [6.45, 7) is 4.94. The van der Waals surface area contributed by atoms with Gasteiger partial charge in [0.25, 0.3) is 5.91 Å². The van der Waals surface area contributed by atoms with Gasteiger partial charge in [-0.1, -0.05) is 18.2 Å². The maximum atomic E-state index is 11.8. The van der Waals surface area contributed by atoms with Crippen LogP contribution < -0.4 is 15.4 Å². The van der Waals surface area contributed by atoms with Crippen molar-refractivity contribution in [3.63, 3.8) is 0 Å². The first kappa shape index (κ1) is 22.8. The maximum absolute atomic E-state index is 11.8. The fourth-order valence-corrected chi connectivity index (χ4v) is 2.22. The van der Waals surface area contributed by atoms with Gasteiger partial charge in [-0.2, -0.15) is 0 Å². The van der Waals surface area contributed by atoms with Crippen LogP contribution in [0.2, 0.25) is 0 Å². The topological polar surface area (TPSA) is 79.1 Å². The number of ether oxygens (including phenoxy) is 1. The molecule has 0 unspecified atom stereocenters.